The Labute approximate surface area is 85.2 Å². The second-order valence-electron chi connectivity index (χ2n) is 4.54. The molecule has 0 amide bonds. The molecule has 2 rings (SSSR count). The lowest BCUT2D eigenvalue weighted by Gasteiger charge is -2.30. The number of rotatable bonds is 2. The van der Waals surface area contributed by atoms with Gasteiger partial charge in [-0.3, -0.25) is 0 Å². The number of alkyl halides is 1. The summed E-state index contributed by atoms with van der Waals surface area (Å²) in [6, 6.07) is 0.453. The maximum absolute atomic E-state index is 13.5. The van der Waals surface area contributed by atoms with Crippen molar-refractivity contribution in [1.29, 1.82) is 0 Å². The van der Waals surface area contributed by atoms with Gasteiger partial charge in [-0.2, -0.15) is 0 Å². The van der Waals surface area contributed by atoms with Crippen molar-refractivity contribution in [3.05, 3.63) is 0 Å². The Morgan fingerprint density at radius 1 is 1.14 bits per heavy atom. The molecule has 1 saturated carbocycles. The van der Waals surface area contributed by atoms with Gasteiger partial charge in [0.25, 0.3) is 0 Å². The highest BCUT2D eigenvalue weighted by Gasteiger charge is 2.31. The molecule has 3 heteroatoms. The van der Waals surface area contributed by atoms with Crippen molar-refractivity contribution in [1.82, 2.24) is 5.32 Å². The summed E-state index contributed by atoms with van der Waals surface area (Å²) in [5.41, 5.74) is 0. The van der Waals surface area contributed by atoms with Gasteiger partial charge in [-0.25, -0.2) is 4.39 Å². The van der Waals surface area contributed by atoms with E-state index in [1.165, 1.54) is 6.42 Å². The molecule has 2 unspecified atom stereocenters. The van der Waals surface area contributed by atoms with Crippen LogP contribution in [0.25, 0.3) is 0 Å². The van der Waals surface area contributed by atoms with Crippen LogP contribution in [-0.4, -0.2) is 31.0 Å². The standard InChI is InChI=1S/C11H20FNO/c1-8-10(6-7-14-8)13-11-5-3-2-4-9(11)12/h8-11,13H,2-7H2,1H3/t8?,9-,10?,11-/m1/s1. The lowest BCUT2D eigenvalue weighted by Crippen LogP contribution is -2.47. The van der Waals surface area contributed by atoms with Crippen molar-refractivity contribution < 1.29 is 9.13 Å². The van der Waals surface area contributed by atoms with E-state index in [1.807, 2.05) is 0 Å². The van der Waals surface area contributed by atoms with Crippen LogP contribution in [0.15, 0.2) is 0 Å². The molecule has 1 aliphatic carbocycles. The third-order valence-electron chi connectivity index (χ3n) is 3.49. The van der Waals surface area contributed by atoms with Gasteiger partial charge in [0, 0.05) is 18.7 Å². The van der Waals surface area contributed by atoms with Crippen molar-refractivity contribution in [3.8, 4) is 0 Å². The molecule has 2 fully saturated rings. The first-order valence-electron chi connectivity index (χ1n) is 5.79. The van der Waals surface area contributed by atoms with E-state index in [4.69, 9.17) is 4.74 Å². The van der Waals surface area contributed by atoms with Crippen LogP contribution in [0.1, 0.15) is 39.0 Å². The van der Waals surface area contributed by atoms with Crippen LogP contribution < -0.4 is 5.32 Å². The average Bonchev–Trinajstić information content (AvgIpc) is 2.56. The molecule has 1 saturated heterocycles. The third-order valence-corrected chi connectivity index (χ3v) is 3.49. The van der Waals surface area contributed by atoms with Gasteiger partial charge in [-0.15, -0.1) is 0 Å². The summed E-state index contributed by atoms with van der Waals surface area (Å²) in [6.07, 6.45) is 4.59. The van der Waals surface area contributed by atoms with Gasteiger partial charge in [0.05, 0.1) is 6.10 Å². The molecular weight excluding hydrogens is 181 g/mol. The Bertz CT molecular complexity index is 188. The highest BCUT2D eigenvalue weighted by molar-refractivity contribution is 4.88. The zero-order valence-electron chi connectivity index (χ0n) is 8.84. The summed E-state index contributed by atoms with van der Waals surface area (Å²) in [6.45, 7) is 2.89. The van der Waals surface area contributed by atoms with E-state index in [2.05, 4.69) is 12.2 Å². The summed E-state index contributed by atoms with van der Waals surface area (Å²) in [4.78, 5) is 0. The van der Waals surface area contributed by atoms with Crippen LogP contribution in [0.5, 0.6) is 0 Å². The number of halogens is 1. The summed E-state index contributed by atoms with van der Waals surface area (Å²) in [5.74, 6) is 0. The highest BCUT2D eigenvalue weighted by Crippen LogP contribution is 2.23. The Morgan fingerprint density at radius 3 is 2.57 bits per heavy atom. The minimum Gasteiger partial charge on any atom is -0.377 e. The SMILES string of the molecule is CC1OCCC1N[C@@H]1CCCC[C@H]1F. The molecule has 1 heterocycles. The summed E-state index contributed by atoms with van der Waals surface area (Å²) in [5, 5.41) is 3.42. The topological polar surface area (TPSA) is 21.3 Å². The van der Waals surface area contributed by atoms with Gasteiger partial charge < -0.3 is 10.1 Å². The van der Waals surface area contributed by atoms with Gasteiger partial charge in [0.2, 0.25) is 0 Å². The molecule has 0 bridgehead atoms. The van der Waals surface area contributed by atoms with Crippen molar-refractivity contribution in [2.45, 2.75) is 63.4 Å². The molecule has 4 atom stereocenters. The third kappa shape index (κ3) is 2.26. The maximum atomic E-state index is 13.5. The first-order valence-corrected chi connectivity index (χ1v) is 5.79. The molecule has 0 aromatic rings. The van der Waals surface area contributed by atoms with Gasteiger partial charge in [0.15, 0.2) is 0 Å². The summed E-state index contributed by atoms with van der Waals surface area (Å²) < 4.78 is 19.0. The molecule has 0 radical (unpaired) electrons. The fourth-order valence-electron chi connectivity index (χ4n) is 2.50. The predicted octanol–water partition coefficient (Wildman–Crippen LogP) is 2.03. The molecule has 0 spiro atoms. The Balaban J connectivity index is 1.83. The quantitative estimate of drug-likeness (QED) is 0.738. The zero-order chi connectivity index (χ0) is 9.97. The van der Waals surface area contributed by atoms with Gasteiger partial charge in [0.1, 0.15) is 6.17 Å². The van der Waals surface area contributed by atoms with Crippen molar-refractivity contribution in [2.24, 2.45) is 0 Å². The minimum atomic E-state index is -0.642. The smallest absolute Gasteiger partial charge is 0.115 e. The van der Waals surface area contributed by atoms with E-state index >= 15 is 0 Å². The molecule has 0 aromatic heterocycles. The number of ether oxygens (including phenoxy) is 1. The molecule has 2 aliphatic rings. The summed E-state index contributed by atoms with van der Waals surface area (Å²) in [7, 11) is 0. The number of hydrogen-bond donors (Lipinski definition) is 1. The van der Waals surface area contributed by atoms with Crippen LogP contribution >= 0.6 is 0 Å². The van der Waals surface area contributed by atoms with Gasteiger partial charge >= 0.3 is 0 Å². The van der Waals surface area contributed by atoms with Crippen molar-refractivity contribution >= 4 is 0 Å². The van der Waals surface area contributed by atoms with Gasteiger partial charge in [-0.1, -0.05) is 12.8 Å². The first-order chi connectivity index (χ1) is 6.77. The van der Waals surface area contributed by atoms with Crippen LogP contribution in [0.2, 0.25) is 0 Å². The van der Waals surface area contributed by atoms with Crippen LogP contribution in [0.4, 0.5) is 4.39 Å². The van der Waals surface area contributed by atoms with Gasteiger partial charge in [-0.05, 0) is 26.2 Å². The minimum absolute atomic E-state index is 0.0814. The monoisotopic (exact) mass is 201 g/mol. The molecule has 1 N–H and O–H groups in total. The van der Waals surface area contributed by atoms with E-state index in [0.717, 1.165) is 32.3 Å². The van der Waals surface area contributed by atoms with Crippen LogP contribution in [0.3, 0.4) is 0 Å². The normalized spacial score (nSPS) is 44.1. The van der Waals surface area contributed by atoms with Crippen LogP contribution in [-0.2, 0) is 4.74 Å². The lowest BCUT2D eigenvalue weighted by atomic mass is 9.92. The average molecular weight is 201 g/mol. The van der Waals surface area contributed by atoms with E-state index in [1.54, 1.807) is 0 Å². The van der Waals surface area contributed by atoms with E-state index in [0.29, 0.717) is 6.04 Å². The second kappa shape index (κ2) is 4.58. The summed E-state index contributed by atoms with van der Waals surface area (Å²) >= 11 is 0. The predicted molar refractivity (Wildman–Crippen MR) is 54.1 cm³/mol. The Kier molecular flexibility index (Phi) is 3.39. The first kappa shape index (κ1) is 10.4. The van der Waals surface area contributed by atoms with Crippen molar-refractivity contribution in [2.75, 3.05) is 6.61 Å². The number of nitrogens with one attached hydrogen (secondary N) is 1. The molecule has 1 aliphatic heterocycles. The fraction of sp³-hybridized carbons (Fsp3) is 1.00. The highest BCUT2D eigenvalue weighted by atomic mass is 19.1. The zero-order valence-corrected chi connectivity index (χ0v) is 8.84. The van der Waals surface area contributed by atoms with E-state index in [-0.39, 0.29) is 12.1 Å². The van der Waals surface area contributed by atoms with Crippen LogP contribution in [0, 0.1) is 0 Å². The van der Waals surface area contributed by atoms with E-state index in [9.17, 15) is 4.39 Å². The van der Waals surface area contributed by atoms with Crippen molar-refractivity contribution in [3.63, 3.8) is 0 Å². The largest absolute Gasteiger partial charge is 0.377 e. The maximum Gasteiger partial charge on any atom is 0.115 e. The molecule has 82 valence electrons. The molecular formula is C11H20FNO. The Hall–Kier alpha value is -0.150. The number of hydrogen-bond acceptors (Lipinski definition) is 2. The molecule has 0 aromatic carbocycles. The molecule has 2 nitrogen and oxygen atoms in total. The lowest BCUT2D eigenvalue weighted by molar-refractivity contribution is 0.101. The van der Waals surface area contributed by atoms with E-state index < -0.39 is 6.17 Å². The second-order valence-corrected chi connectivity index (χ2v) is 4.54. The Morgan fingerprint density at radius 2 is 1.93 bits per heavy atom. The fourth-order valence-corrected chi connectivity index (χ4v) is 2.50. The molecule has 14 heavy (non-hydrogen) atoms.